The zero-order valence-electron chi connectivity index (χ0n) is 13.7. The Balaban J connectivity index is 2.25. The van der Waals surface area contributed by atoms with Crippen molar-refractivity contribution in [1.29, 1.82) is 0 Å². The molecule has 124 valence electrons. The van der Waals surface area contributed by atoms with Crippen LogP contribution < -0.4 is 9.64 Å². The van der Waals surface area contributed by atoms with Crippen molar-refractivity contribution >= 4 is 46.2 Å². The van der Waals surface area contributed by atoms with Crippen LogP contribution in [0.1, 0.15) is 17.3 Å². The van der Waals surface area contributed by atoms with Gasteiger partial charge < -0.3 is 9.64 Å². The van der Waals surface area contributed by atoms with Gasteiger partial charge in [0.1, 0.15) is 5.75 Å². The first-order valence-corrected chi connectivity index (χ1v) is 8.11. The molecule has 24 heavy (non-hydrogen) atoms. The Morgan fingerprint density at radius 2 is 1.54 bits per heavy atom. The van der Waals surface area contributed by atoms with Crippen molar-refractivity contribution in [2.45, 2.75) is 6.92 Å². The number of Topliss-reactive ketones (excluding diaryl/α,β-unsaturated/α-hetero) is 1. The first kappa shape index (κ1) is 18.0. The normalized spacial score (nSPS) is 9.96. The van der Waals surface area contributed by atoms with E-state index in [9.17, 15) is 4.79 Å². The van der Waals surface area contributed by atoms with E-state index in [0.717, 1.165) is 5.69 Å². The lowest BCUT2D eigenvalue weighted by Gasteiger charge is -2.28. The lowest BCUT2D eigenvalue weighted by Crippen LogP contribution is -2.44. The monoisotopic (exact) mass is 358 g/mol. The van der Waals surface area contributed by atoms with Gasteiger partial charge >= 0.3 is 0 Å². The zero-order chi connectivity index (χ0) is 17.7. The standard InChI is InChI=1S/C18H18N2O2S2/c1-13(21)14-9-11-16(12-10-14)22-18(24)20(17(23)19(2)3)15-7-5-4-6-8-15/h4-12H,1-3H3. The Bertz CT molecular complexity index is 743. The molecule has 0 aliphatic rings. The highest BCUT2D eigenvalue weighted by atomic mass is 32.1. The van der Waals surface area contributed by atoms with Crippen LogP contribution in [0.2, 0.25) is 0 Å². The van der Waals surface area contributed by atoms with E-state index in [0.29, 0.717) is 16.4 Å². The highest BCUT2D eigenvalue weighted by Crippen LogP contribution is 2.19. The fraction of sp³-hybridized carbons (Fsp3) is 0.167. The molecule has 2 aromatic carbocycles. The average Bonchev–Trinajstić information content (AvgIpc) is 2.56. The molecule has 0 N–H and O–H groups in total. The summed E-state index contributed by atoms with van der Waals surface area (Å²) in [7, 11) is 3.70. The fourth-order valence-corrected chi connectivity index (χ4v) is 2.51. The molecule has 0 spiro atoms. The number of hydrogen-bond acceptors (Lipinski definition) is 4. The molecule has 4 nitrogen and oxygen atoms in total. The van der Waals surface area contributed by atoms with Crippen molar-refractivity contribution in [3.8, 4) is 5.75 Å². The zero-order valence-corrected chi connectivity index (χ0v) is 15.4. The molecule has 0 fully saturated rings. The number of carbonyl (C=O) groups is 1. The maximum absolute atomic E-state index is 11.3. The van der Waals surface area contributed by atoms with Crippen molar-refractivity contribution < 1.29 is 9.53 Å². The molecule has 0 aromatic heterocycles. The van der Waals surface area contributed by atoms with Gasteiger partial charge in [0.15, 0.2) is 10.9 Å². The molecule has 0 amide bonds. The predicted molar refractivity (Wildman–Crippen MR) is 105 cm³/mol. The number of benzene rings is 2. The number of hydrogen-bond donors (Lipinski definition) is 0. The molecule has 0 saturated carbocycles. The van der Waals surface area contributed by atoms with E-state index in [2.05, 4.69) is 0 Å². The minimum atomic E-state index is 0.00354. The fourth-order valence-electron chi connectivity index (χ4n) is 1.98. The highest BCUT2D eigenvalue weighted by molar-refractivity contribution is 7.82. The van der Waals surface area contributed by atoms with Crippen molar-refractivity contribution in [3.05, 3.63) is 60.2 Å². The van der Waals surface area contributed by atoms with Gasteiger partial charge in [0.25, 0.3) is 5.17 Å². The Morgan fingerprint density at radius 1 is 0.958 bits per heavy atom. The Hall–Kier alpha value is -2.31. The highest BCUT2D eigenvalue weighted by Gasteiger charge is 2.20. The van der Waals surface area contributed by atoms with E-state index in [1.54, 1.807) is 34.1 Å². The maximum atomic E-state index is 11.3. The van der Waals surface area contributed by atoms with Crippen molar-refractivity contribution in [3.63, 3.8) is 0 Å². The van der Waals surface area contributed by atoms with Gasteiger partial charge in [-0.1, -0.05) is 18.2 Å². The van der Waals surface area contributed by atoms with E-state index in [1.807, 2.05) is 44.4 Å². The van der Waals surface area contributed by atoms with Crippen LogP contribution >= 0.6 is 24.4 Å². The van der Waals surface area contributed by atoms with Crippen molar-refractivity contribution in [1.82, 2.24) is 4.90 Å². The molecule has 0 unspecified atom stereocenters. The first-order valence-electron chi connectivity index (χ1n) is 7.29. The van der Waals surface area contributed by atoms with Gasteiger partial charge in [0.05, 0.1) is 5.69 Å². The molecule has 0 bridgehead atoms. The van der Waals surface area contributed by atoms with Crippen LogP contribution in [0.25, 0.3) is 0 Å². The van der Waals surface area contributed by atoms with Crippen LogP contribution in [0.15, 0.2) is 54.6 Å². The minimum absolute atomic E-state index is 0.00354. The van der Waals surface area contributed by atoms with Gasteiger partial charge in [-0.2, -0.15) is 0 Å². The Kier molecular flexibility index (Phi) is 6.00. The minimum Gasteiger partial charge on any atom is -0.431 e. The number of thiocarbonyl (C=S) groups is 2. The lowest BCUT2D eigenvalue weighted by atomic mass is 10.1. The van der Waals surface area contributed by atoms with Crippen LogP contribution in [-0.2, 0) is 0 Å². The molecule has 0 saturated heterocycles. The molecule has 0 radical (unpaired) electrons. The third kappa shape index (κ3) is 4.37. The molecule has 0 heterocycles. The number of para-hydroxylation sites is 1. The van der Waals surface area contributed by atoms with E-state index in [1.165, 1.54) is 6.92 Å². The summed E-state index contributed by atoms with van der Waals surface area (Å²) in [6.45, 7) is 1.52. The number of carbonyl (C=O) groups excluding carboxylic acids is 1. The van der Waals surface area contributed by atoms with Crippen LogP contribution in [0, 0.1) is 0 Å². The Labute approximate surface area is 152 Å². The summed E-state index contributed by atoms with van der Waals surface area (Å²) >= 11 is 10.9. The topological polar surface area (TPSA) is 32.8 Å². The molecule has 0 aliphatic heterocycles. The number of ketones is 1. The Morgan fingerprint density at radius 3 is 2.04 bits per heavy atom. The summed E-state index contributed by atoms with van der Waals surface area (Å²) in [5, 5.41) is 0.738. The molecular weight excluding hydrogens is 340 g/mol. The largest absolute Gasteiger partial charge is 0.431 e. The predicted octanol–water partition coefficient (Wildman–Crippen LogP) is 3.91. The van der Waals surface area contributed by atoms with Gasteiger partial charge in [-0.15, -0.1) is 0 Å². The van der Waals surface area contributed by atoms with Gasteiger partial charge in [-0.25, -0.2) is 4.90 Å². The summed E-state index contributed by atoms with van der Waals surface area (Å²) in [5.41, 5.74) is 1.44. The molecule has 0 atom stereocenters. The molecule has 0 aliphatic carbocycles. The SMILES string of the molecule is CC(=O)c1ccc(OC(=S)N(C(=S)N(C)C)c2ccccc2)cc1. The van der Waals surface area contributed by atoms with Crippen LogP contribution in [0.3, 0.4) is 0 Å². The maximum Gasteiger partial charge on any atom is 0.275 e. The summed E-state index contributed by atoms with van der Waals surface area (Å²) in [4.78, 5) is 14.8. The lowest BCUT2D eigenvalue weighted by molar-refractivity contribution is 0.101. The van der Waals surface area contributed by atoms with Gasteiger partial charge in [-0.3, -0.25) is 4.79 Å². The number of rotatable bonds is 3. The quantitative estimate of drug-likeness (QED) is 0.611. The van der Waals surface area contributed by atoms with Crippen LogP contribution in [0.5, 0.6) is 5.75 Å². The molecule has 2 rings (SSSR count). The number of nitrogens with zero attached hydrogens (tertiary/aromatic N) is 2. The second-order valence-electron chi connectivity index (χ2n) is 5.30. The van der Waals surface area contributed by atoms with Crippen LogP contribution in [-0.4, -0.2) is 35.1 Å². The number of ether oxygens (including phenoxy) is 1. The summed E-state index contributed by atoms with van der Waals surface area (Å²) in [6.07, 6.45) is 0. The second kappa shape index (κ2) is 7.99. The van der Waals surface area contributed by atoms with Crippen LogP contribution in [0.4, 0.5) is 5.69 Å². The van der Waals surface area contributed by atoms with Crippen molar-refractivity contribution in [2.24, 2.45) is 0 Å². The van der Waals surface area contributed by atoms with Gasteiger partial charge in [-0.05, 0) is 67.8 Å². The first-order chi connectivity index (χ1) is 11.4. The molecule has 6 heteroatoms. The smallest absolute Gasteiger partial charge is 0.275 e. The average molecular weight is 358 g/mol. The van der Waals surface area contributed by atoms with Crippen molar-refractivity contribution in [2.75, 3.05) is 19.0 Å². The van der Waals surface area contributed by atoms with E-state index >= 15 is 0 Å². The number of anilines is 1. The molecular formula is C18H18N2O2S2. The summed E-state index contributed by atoms with van der Waals surface area (Å²) in [5.74, 6) is 0.552. The second-order valence-corrected chi connectivity index (χ2v) is 6.01. The molecule has 2 aromatic rings. The third-order valence-electron chi connectivity index (χ3n) is 3.24. The van der Waals surface area contributed by atoms with Gasteiger partial charge in [0.2, 0.25) is 0 Å². The van der Waals surface area contributed by atoms with E-state index in [4.69, 9.17) is 29.2 Å². The summed E-state index contributed by atoms with van der Waals surface area (Å²) in [6, 6.07) is 16.4. The van der Waals surface area contributed by atoms with E-state index in [-0.39, 0.29) is 11.0 Å². The third-order valence-corrected chi connectivity index (χ3v) is 4.05. The summed E-state index contributed by atoms with van der Waals surface area (Å²) < 4.78 is 5.77. The van der Waals surface area contributed by atoms with Gasteiger partial charge in [0, 0.05) is 19.7 Å². The van der Waals surface area contributed by atoms with E-state index < -0.39 is 0 Å².